The van der Waals surface area contributed by atoms with Gasteiger partial charge in [0.15, 0.2) is 0 Å². The van der Waals surface area contributed by atoms with Crippen LogP contribution in [0.1, 0.15) is 11.3 Å². The molecule has 19 heavy (non-hydrogen) atoms. The highest BCUT2D eigenvalue weighted by Gasteiger charge is 2.17. The van der Waals surface area contributed by atoms with Gasteiger partial charge in [-0.1, -0.05) is 18.3 Å². The Bertz CT molecular complexity index is 432. The second-order valence-electron chi connectivity index (χ2n) is 4.72. The Morgan fingerprint density at radius 3 is 2.63 bits per heavy atom. The van der Waals surface area contributed by atoms with Crippen molar-refractivity contribution >= 4 is 17.2 Å². The SMILES string of the molecule is NC(=S)c1ncccc1CN1CCN(CCO)CC1. The molecule has 1 saturated heterocycles. The van der Waals surface area contributed by atoms with Crippen LogP contribution in [0.3, 0.4) is 0 Å². The molecular formula is C13H20N4OS. The largest absolute Gasteiger partial charge is 0.395 e. The van der Waals surface area contributed by atoms with E-state index >= 15 is 0 Å². The van der Waals surface area contributed by atoms with Crippen molar-refractivity contribution in [1.29, 1.82) is 0 Å². The van der Waals surface area contributed by atoms with Crippen LogP contribution in [-0.4, -0.2) is 64.2 Å². The van der Waals surface area contributed by atoms with E-state index in [0.29, 0.717) is 4.99 Å². The quantitative estimate of drug-likeness (QED) is 0.730. The summed E-state index contributed by atoms with van der Waals surface area (Å²) in [5, 5.41) is 8.93. The maximum atomic E-state index is 8.93. The fourth-order valence-electron chi connectivity index (χ4n) is 2.34. The summed E-state index contributed by atoms with van der Waals surface area (Å²) in [5.74, 6) is 0. The lowest BCUT2D eigenvalue weighted by molar-refractivity contribution is 0.108. The lowest BCUT2D eigenvalue weighted by Gasteiger charge is -2.34. The molecule has 5 nitrogen and oxygen atoms in total. The molecule has 0 amide bonds. The zero-order valence-corrected chi connectivity index (χ0v) is 11.8. The Balaban J connectivity index is 1.94. The maximum absolute atomic E-state index is 8.93. The molecule has 0 atom stereocenters. The van der Waals surface area contributed by atoms with Crippen molar-refractivity contribution in [2.24, 2.45) is 5.73 Å². The molecule has 0 spiro atoms. The highest BCUT2D eigenvalue weighted by molar-refractivity contribution is 7.80. The minimum absolute atomic E-state index is 0.230. The van der Waals surface area contributed by atoms with Gasteiger partial charge >= 0.3 is 0 Å². The number of nitrogens with zero attached hydrogens (tertiary/aromatic N) is 3. The van der Waals surface area contributed by atoms with Crippen LogP contribution < -0.4 is 5.73 Å². The van der Waals surface area contributed by atoms with Crippen LogP contribution in [0.5, 0.6) is 0 Å². The van der Waals surface area contributed by atoms with Gasteiger partial charge in [-0.25, -0.2) is 0 Å². The highest BCUT2D eigenvalue weighted by Crippen LogP contribution is 2.11. The summed E-state index contributed by atoms with van der Waals surface area (Å²) in [6.07, 6.45) is 1.72. The minimum atomic E-state index is 0.230. The Hall–Kier alpha value is -1.08. The molecule has 2 heterocycles. The molecule has 0 aromatic carbocycles. The van der Waals surface area contributed by atoms with Gasteiger partial charge < -0.3 is 10.8 Å². The van der Waals surface area contributed by atoms with E-state index in [-0.39, 0.29) is 6.61 Å². The predicted molar refractivity (Wildman–Crippen MR) is 78.9 cm³/mol. The van der Waals surface area contributed by atoms with Crippen LogP contribution in [0.25, 0.3) is 0 Å². The lowest BCUT2D eigenvalue weighted by atomic mass is 10.1. The average molecular weight is 280 g/mol. The molecule has 104 valence electrons. The third-order valence-corrected chi connectivity index (χ3v) is 3.59. The molecule has 1 aromatic rings. The van der Waals surface area contributed by atoms with E-state index in [4.69, 9.17) is 23.1 Å². The first-order valence-corrected chi connectivity index (χ1v) is 6.91. The van der Waals surface area contributed by atoms with Crippen LogP contribution >= 0.6 is 12.2 Å². The van der Waals surface area contributed by atoms with Crippen LogP contribution in [0.4, 0.5) is 0 Å². The van der Waals surface area contributed by atoms with Crippen LogP contribution in [0, 0.1) is 0 Å². The van der Waals surface area contributed by atoms with Gasteiger partial charge in [0.2, 0.25) is 0 Å². The topological polar surface area (TPSA) is 65.6 Å². The monoisotopic (exact) mass is 280 g/mol. The molecule has 0 saturated carbocycles. The first-order chi connectivity index (χ1) is 9.20. The number of β-amino-alcohol motifs (C(OH)–C–C–N with tert-alkyl or cyclic N) is 1. The number of aromatic nitrogens is 1. The van der Waals surface area contributed by atoms with E-state index in [1.54, 1.807) is 6.20 Å². The summed E-state index contributed by atoms with van der Waals surface area (Å²) in [5.41, 5.74) is 7.52. The smallest absolute Gasteiger partial charge is 0.123 e. The van der Waals surface area contributed by atoms with Crippen molar-refractivity contribution in [3.05, 3.63) is 29.6 Å². The highest BCUT2D eigenvalue weighted by atomic mass is 32.1. The summed E-state index contributed by atoms with van der Waals surface area (Å²) in [6, 6.07) is 3.95. The van der Waals surface area contributed by atoms with E-state index < -0.39 is 0 Å². The first kappa shape index (κ1) is 14.3. The van der Waals surface area contributed by atoms with E-state index in [2.05, 4.69) is 14.8 Å². The number of rotatable bonds is 5. The first-order valence-electron chi connectivity index (χ1n) is 6.50. The van der Waals surface area contributed by atoms with Gasteiger partial charge in [-0.15, -0.1) is 0 Å². The molecular weight excluding hydrogens is 260 g/mol. The zero-order chi connectivity index (χ0) is 13.7. The molecule has 3 N–H and O–H groups in total. The van der Waals surface area contributed by atoms with Gasteiger partial charge in [-0.3, -0.25) is 14.8 Å². The van der Waals surface area contributed by atoms with Crippen LogP contribution in [-0.2, 0) is 6.54 Å². The van der Waals surface area contributed by atoms with Crippen molar-refractivity contribution in [2.45, 2.75) is 6.54 Å². The normalized spacial score (nSPS) is 17.5. The molecule has 0 radical (unpaired) electrons. The van der Waals surface area contributed by atoms with E-state index in [1.807, 2.05) is 12.1 Å². The van der Waals surface area contributed by atoms with Gasteiger partial charge in [0.1, 0.15) is 10.7 Å². The van der Waals surface area contributed by atoms with Crippen LogP contribution in [0.2, 0.25) is 0 Å². The fourth-order valence-corrected chi connectivity index (χ4v) is 2.53. The number of hydrogen-bond acceptors (Lipinski definition) is 5. The Morgan fingerprint density at radius 2 is 2.00 bits per heavy atom. The molecule has 1 aliphatic rings. The summed E-state index contributed by atoms with van der Waals surface area (Å²) in [7, 11) is 0. The third-order valence-electron chi connectivity index (χ3n) is 3.40. The molecule has 1 aromatic heterocycles. The number of thiocarbonyl (C=S) groups is 1. The fraction of sp³-hybridized carbons (Fsp3) is 0.538. The molecule has 6 heteroatoms. The van der Waals surface area contributed by atoms with Crippen molar-refractivity contribution in [3.63, 3.8) is 0 Å². The maximum Gasteiger partial charge on any atom is 0.123 e. The molecule has 0 aliphatic carbocycles. The van der Waals surface area contributed by atoms with Crippen molar-refractivity contribution in [1.82, 2.24) is 14.8 Å². The Labute approximate surface area is 119 Å². The van der Waals surface area contributed by atoms with Crippen molar-refractivity contribution < 1.29 is 5.11 Å². The number of nitrogens with two attached hydrogens (primary N) is 1. The van der Waals surface area contributed by atoms with Crippen LogP contribution in [0.15, 0.2) is 18.3 Å². The average Bonchev–Trinajstić information content (AvgIpc) is 2.42. The van der Waals surface area contributed by atoms with Gasteiger partial charge in [0.25, 0.3) is 0 Å². The van der Waals surface area contributed by atoms with Gasteiger partial charge in [-0.05, 0) is 11.6 Å². The standard InChI is InChI=1S/C13H20N4OS/c14-13(19)12-11(2-1-3-15-12)10-17-6-4-16(5-7-17)8-9-18/h1-3,18H,4-10H2,(H2,14,19). The molecule has 1 fully saturated rings. The second kappa shape index (κ2) is 6.91. The summed E-state index contributed by atoms with van der Waals surface area (Å²) in [4.78, 5) is 9.25. The van der Waals surface area contributed by atoms with Crippen molar-refractivity contribution in [2.75, 3.05) is 39.3 Å². The number of aliphatic hydroxyl groups excluding tert-OH is 1. The molecule has 1 aliphatic heterocycles. The zero-order valence-electron chi connectivity index (χ0n) is 11.0. The van der Waals surface area contributed by atoms with Crippen molar-refractivity contribution in [3.8, 4) is 0 Å². The summed E-state index contributed by atoms with van der Waals surface area (Å²) in [6.45, 7) is 5.78. The van der Waals surface area contributed by atoms with E-state index in [9.17, 15) is 0 Å². The summed E-state index contributed by atoms with van der Waals surface area (Å²) < 4.78 is 0. The summed E-state index contributed by atoms with van der Waals surface area (Å²) >= 11 is 5.03. The Morgan fingerprint density at radius 1 is 1.32 bits per heavy atom. The number of pyridine rings is 1. The second-order valence-corrected chi connectivity index (χ2v) is 5.16. The third kappa shape index (κ3) is 3.94. The molecule has 0 bridgehead atoms. The number of piperazine rings is 1. The lowest BCUT2D eigenvalue weighted by Crippen LogP contribution is -2.46. The van der Waals surface area contributed by atoms with Gasteiger partial charge in [0.05, 0.1) is 6.61 Å². The van der Waals surface area contributed by atoms with E-state index in [0.717, 1.165) is 50.5 Å². The van der Waals surface area contributed by atoms with Gasteiger partial charge in [-0.2, -0.15) is 0 Å². The molecule has 2 rings (SSSR count). The Kier molecular flexibility index (Phi) is 5.21. The minimum Gasteiger partial charge on any atom is -0.395 e. The van der Waals surface area contributed by atoms with Gasteiger partial charge in [0, 0.05) is 45.5 Å². The number of hydrogen-bond donors (Lipinski definition) is 2. The predicted octanol–water partition coefficient (Wildman–Crippen LogP) is -0.174. The molecule has 0 unspecified atom stereocenters. The van der Waals surface area contributed by atoms with E-state index in [1.165, 1.54) is 0 Å². The number of aliphatic hydroxyl groups is 1.